The fourth-order valence-corrected chi connectivity index (χ4v) is 3.15. The minimum absolute atomic E-state index is 0. The van der Waals surface area contributed by atoms with Gasteiger partial charge in [0.1, 0.15) is 35.4 Å². The molecule has 5 N–H and O–H groups in total. The Morgan fingerprint density at radius 3 is 1.65 bits per heavy atom. The number of hydrogen-bond acceptors (Lipinski definition) is 15. The number of halogens is 1. The van der Waals surface area contributed by atoms with Crippen LogP contribution < -0.4 is 169 Å². The number of anilines is 2. The fraction of sp³-hybridized carbons (Fsp3) is 0.0690. The van der Waals surface area contributed by atoms with Crippen LogP contribution in [-0.4, -0.2) is 48.2 Å². The van der Waals surface area contributed by atoms with Crippen molar-refractivity contribution in [1.82, 2.24) is 0 Å². The van der Waals surface area contributed by atoms with Crippen molar-refractivity contribution in [1.29, 1.82) is 0 Å². The zero-order valence-corrected chi connectivity index (χ0v) is 39.0. The van der Waals surface area contributed by atoms with E-state index in [-0.39, 0.29) is 186 Å². The van der Waals surface area contributed by atoms with E-state index in [1.807, 2.05) is 0 Å². The first kappa shape index (κ1) is 48.4. The summed E-state index contributed by atoms with van der Waals surface area (Å²) in [5.74, 6) is 0.396. The Kier molecular flexibility index (Phi) is 25.8. The number of nitrogen functional groups attached to an aromatic ring is 2. The average molecular weight is 924 g/mol. The van der Waals surface area contributed by atoms with Gasteiger partial charge in [-0.15, -0.1) is 0 Å². The smallest absolute Gasteiger partial charge is 1.00 e. The molecule has 49 heavy (non-hydrogen) atoms. The molecule has 250 valence electrons. The van der Waals surface area contributed by atoms with Gasteiger partial charge in [0, 0.05) is 11.1 Å². The van der Waals surface area contributed by atoms with Crippen molar-refractivity contribution in [3.63, 3.8) is 0 Å². The summed E-state index contributed by atoms with van der Waals surface area (Å²) in [5, 5.41) is 38.3. The van der Waals surface area contributed by atoms with E-state index < -0.39 is 15.7 Å². The van der Waals surface area contributed by atoms with Gasteiger partial charge in [0.25, 0.3) is 17.8 Å². The van der Waals surface area contributed by atoms with Crippen LogP contribution in [-0.2, 0) is 9.68 Å². The molecule has 0 radical (unpaired) electrons. The molecule has 0 aliphatic carbocycles. The van der Waals surface area contributed by atoms with Crippen molar-refractivity contribution in [2.45, 2.75) is 0 Å². The maximum Gasteiger partial charge on any atom is 1.00 e. The first-order valence-corrected chi connectivity index (χ1v) is 12.4. The van der Waals surface area contributed by atoms with E-state index in [0.29, 0.717) is 35.2 Å². The summed E-state index contributed by atoms with van der Waals surface area (Å²) in [6.45, 7) is -0.181. The molecule has 0 aromatic heterocycles. The molecule has 4 aromatic carbocycles. The number of nitro benzene ring substituents is 2. The van der Waals surface area contributed by atoms with Gasteiger partial charge in [0.15, 0.2) is 23.1 Å². The second-order valence-corrected chi connectivity index (χ2v) is 8.31. The predicted molar refractivity (Wildman–Crippen MR) is 162 cm³/mol. The van der Waals surface area contributed by atoms with Crippen LogP contribution in [0.4, 0.5) is 27.1 Å². The van der Waals surface area contributed by atoms with Gasteiger partial charge < -0.3 is 42.4 Å². The number of rotatable bonds is 9. The van der Waals surface area contributed by atoms with E-state index in [0.717, 1.165) is 6.07 Å². The second kappa shape index (κ2) is 26.1. The number of nitrogens with two attached hydrogens (primary N) is 2. The van der Waals surface area contributed by atoms with Crippen LogP contribution in [0.2, 0.25) is 0 Å². The van der Waals surface area contributed by atoms with Gasteiger partial charge >= 0.3 is 138 Å². The molecule has 0 spiro atoms. The molecule has 0 aliphatic heterocycles. The number of aromatic hydroxyl groups is 1. The number of benzene rings is 4. The number of nitro groups is 2. The van der Waals surface area contributed by atoms with Crippen LogP contribution >= 0.6 is 0 Å². The molecule has 0 aliphatic rings. The van der Waals surface area contributed by atoms with Gasteiger partial charge in [-0.1, -0.05) is 0 Å². The number of aldehydes is 2. The Labute approximate surface area is 396 Å². The van der Waals surface area contributed by atoms with Gasteiger partial charge in [-0.05, 0) is 60.7 Å². The van der Waals surface area contributed by atoms with Crippen LogP contribution in [0.1, 0.15) is 22.1 Å². The van der Waals surface area contributed by atoms with Crippen LogP contribution in [0.5, 0.6) is 28.7 Å². The number of methoxy groups -OCH3 is 2. The summed E-state index contributed by atoms with van der Waals surface area (Å²) in [4.78, 5) is 52.0. The van der Waals surface area contributed by atoms with E-state index in [2.05, 4.69) is 9.62 Å². The van der Waals surface area contributed by atoms with Gasteiger partial charge in [0.2, 0.25) is 0 Å². The van der Waals surface area contributed by atoms with Crippen molar-refractivity contribution < 1.29 is 197 Å². The molecule has 17 nitrogen and oxygen atoms in total. The normalized spacial score (nSPS) is 8.90. The Morgan fingerprint density at radius 2 is 1.20 bits per heavy atom. The third kappa shape index (κ3) is 17.2. The average Bonchev–Trinajstić information content (AvgIpc) is 3.07. The fourth-order valence-electron chi connectivity index (χ4n) is 3.15. The molecular weight excluding hydrogens is 897 g/mol. The summed E-state index contributed by atoms with van der Waals surface area (Å²) < 4.78 is 28.0. The molecule has 4 rings (SSSR count). The number of phenols is 1. The van der Waals surface area contributed by atoms with Crippen molar-refractivity contribution in [2.75, 3.05) is 25.7 Å². The van der Waals surface area contributed by atoms with Gasteiger partial charge in [-0.2, -0.15) is 0 Å². The standard InChI is InChI=1S/C14H12N2O5.C8H7FO2.C6H6N2O3.CH2O3.2Cs.H/c1-20-14-6-9(8-17)2-5-13(14)21-10-3-4-11(15)12(7-10)16(18)19;1-11-8-4-6(5-10)2-3-7(8)9;7-5-2-1-4(9)3-6(5)8(10)11;2-1-4-3;;;/h2-8H,15H2,1H3;2-5H,1H3;1-3,9H,7H2;1,3H;;;/q;;;;2*+1;-1/p-1. The van der Waals surface area contributed by atoms with Crippen molar-refractivity contribution in [3.8, 4) is 28.7 Å². The largest absolute Gasteiger partial charge is 1.00 e. The van der Waals surface area contributed by atoms with E-state index >= 15 is 0 Å². The van der Waals surface area contributed by atoms with Crippen molar-refractivity contribution in [3.05, 3.63) is 110 Å². The Hall–Kier alpha value is -2.72. The number of hydrogen-bond donors (Lipinski definition) is 3. The van der Waals surface area contributed by atoms with Crippen LogP contribution in [0.3, 0.4) is 0 Å². The summed E-state index contributed by atoms with van der Waals surface area (Å²) in [6, 6.07) is 16.3. The van der Waals surface area contributed by atoms with E-state index in [1.54, 1.807) is 12.1 Å². The Morgan fingerprint density at radius 1 is 0.735 bits per heavy atom. The SMILES string of the molecule is COc1cc(C=O)ccc1F.COc1cc(C=O)ccc1Oc1ccc(N)c([N+](=O)[O-])c1.Nc1ccc(O)cc1[N+](=O)[O-].O=CO[O-].[Cs+].[Cs+].[H-]. The zero-order valence-electron chi connectivity index (χ0n) is 27.4. The Balaban J connectivity index is -0.000000652. The molecule has 0 fully saturated rings. The molecule has 0 saturated heterocycles. The quantitative estimate of drug-likeness (QED) is 0.0405. The molecule has 0 saturated carbocycles. The monoisotopic (exact) mass is 924 g/mol. The molecular formula is C29H27Cs2FN4O13. The third-order valence-electron chi connectivity index (χ3n) is 5.31. The van der Waals surface area contributed by atoms with E-state index in [9.17, 15) is 34.2 Å². The number of phenolic OH excluding ortho intramolecular Hbond substituents is 1. The third-order valence-corrected chi connectivity index (χ3v) is 5.31. The summed E-state index contributed by atoms with van der Waals surface area (Å²) >= 11 is 0. The first-order valence-electron chi connectivity index (χ1n) is 12.4. The molecule has 20 heteroatoms. The maximum absolute atomic E-state index is 12.7. The summed E-state index contributed by atoms with van der Waals surface area (Å²) in [7, 11) is 2.79. The number of carbonyl (C=O) groups excluding carboxylic acids is 3. The minimum Gasteiger partial charge on any atom is -1.00 e. The van der Waals surface area contributed by atoms with E-state index in [1.165, 1.54) is 68.8 Å². The number of carbonyl (C=O) groups is 3. The van der Waals surface area contributed by atoms with Crippen LogP contribution in [0, 0.1) is 26.0 Å². The van der Waals surface area contributed by atoms with Gasteiger partial charge in [-0.25, -0.2) is 4.39 Å². The van der Waals surface area contributed by atoms with E-state index in [4.69, 9.17) is 36.1 Å². The first-order chi connectivity index (χ1) is 22.3. The molecule has 0 bridgehead atoms. The van der Waals surface area contributed by atoms with Gasteiger partial charge in [0.05, 0.1) is 36.2 Å². The molecule has 0 atom stereocenters. The predicted octanol–water partition coefficient (Wildman–Crippen LogP) is -2.12. The summed E-state index contributed by atoms with van der Waals surface area (Å²) in [6.07, 6.45) is 1.32. The topological polar surface area (TPSA) is 270 Å². The molecule has 0 amide bonds. The summed E-state index contributed by atoms with van der Waals surface area (Å²) in [5.41, 5.74) is 11.2. The molecule has 0 heterocycles. The molecule has 4 aromatic rings. The maximum atomic E-state index is 12.7. The molecule has 0 unspecified atom stereocenters. The zero-order chi connectivity index (χ0) is 35.5. The Bertz CT molecular complexity index is 1720. The van der Waals surface area contributed by atoms with Crippen molar-refractivity contribution in [2.24, 2.45) is 0 Å². The van der Waals surface area contributed by atoms with Crippen LogP contribution in [0.15, 0.2) is 72.8 Å². The number of ether oxygens (including phenoxy) is 3. The minimum atomic E-state index is -0.644. The van der Waals surface area contributed by atoms with Crippen molar-refractivity contribution >= 4 is 41.8 Å². The van der Waals surface area contributed by atoms with Crippen LogP contribution in [0.25, 0.3) is 0 Å². The number of nitrogens with zero attached hydrogens (tertiary/aromatic N) is 2. The van der Waals surface area contributed by atoms with Gasteiger partial charge in [-0.3, -0.25) is 34.6 Å². The second-order valence-electron chi connectivity index (χ2n) is 8.31.